The SMILES string of the molecule is C/C=C\C/C(=C\C)CC(/C=C\C)SNCC1=CC=CC=CC1.CC.CC.CC.CC=O.CN[C@@H]1CCCOc2cc(CNC(C)(C)C)ccc21. The highest BCUT2D eigenvalue weighted by Crippen LogP contribution is 2.32. The molecule has 0 bridgehead atoms. The maximum absolute atomic E-state index is 8.81. The molecule has 1 aromatic rings. The van der Waals surface area contributed by atoms with Gasteiger partial charge in [-0.3, -0.25) is 4.72 Å². The Balaban J connectivity index is -0.000000722. The fourth-order valence-corrected chi connectivity index (χ4v) is 5.61. The summed E-state index contributed by atoms with van der Waals surface area (Å²) in [5.41, 5.74) is 5.64. The maximum Gasteiger partial charge on any atom is 0.124 e. The Hall–Kier alpha value is -2.64. The molecule has 50 heavy (non-hydrogen) atoms. The van der Waals surface area contributed by atoms with Crippen LogP contribution in [0.25, 0.3) is 0 Å². The van der Waals surface area contributed by atoms with Crippen molar-refractivity contribution in [3.63, 3.8) is 0 Å². The number of aldehydes is 1. The maximum atomic E-state index is 8.81. The quantitative estimate of drug-likeness (QED) is 0.114. The summed E-state index contributed by atoms with van der Waals surface area (Å²) in [7, 11) is 2.02. The van der Waals surface area contributed by atoms with Gasteiger partial charge in [-0.2, -0.15) is 0 Å². The average Bonchev–Trinajstić information content (AvgIpc) is 3.52. The highest BCUT2D eigenvalue weighted by molar-refractivity contribution is 7.98. The number of allylic oxidation sites excluding steroid dienone is 10. The van der Waals surface area contributed by atoms with Crippen LogP contribution in [0.15, 0.2) is 90.1 Å². The van der Waals surface area contributed by atoms with Gasteiger partial charge in [-0.15, -0.1) is 0 Å². The lowest BCUT2D eigenvalue weighted by atomic mass is 10.00. The van der Waals surface area contributed by atoms with Gasteiger partial charge in [0.2, 0.25) is 0 Å². The minimum Gasteiger partial charge on any atom is -0.493 e. The normalized spacial score (nSPS) is 15.6. The average molecular weight is 712 g/mol. The topological polar surface area (TPSA) is 62.4 Å². The number of carbonyl (C=O) groups excluding carboxylic acids is 1. The van der Waals surface area contributed by atoms with E-state index in [0.717, 1.165) is 63.8 Å². The zero-order chi connectivity index (χ0) is 38.6. The van der Waals surface area contributed by atoms with E-state index in [1.165, 1.54) is 29.2 Å². The minimum atomic E-state index is 0.140. The number of hydrogen-bond donors (Lipinski definition) is 3. The second kappa shape index (κ2) is 36.2. The molecule has 286 valence electrons. The van der Waals surface area contributed by atoms with Crippen LogP contribution >= 0.6 is 11.9 Å². The number of rotatable bonds is 12. The van der Waals surface area contributed by atoms with Crippen LogP contribution in [0.4, 0.5) is 0 Å². The van der Waals surface area contributed by atoms with Crippen LogP contribution in [-0.2, 0) is 11.3 Å². The highest BCUT2D eigenvalue weighted by atomic mass is 32.2. The summed E-state index contributed by atoms with van der Waals surface area (Å²) in [5, 5.41) is 7.38. The summed E-state index contributed by atoms with van der Waals surface area (Å²) in [4.78, 5) is 8.81. The summed E-state index contributed by atoms with van der Waals surface area (Å²) in [5.74, 6) is 1.05. The van der Waals surface area contributed by atoms with Gasteiger partial charge in [0.1, 0.15) is 12.0 Å². The molecule has 0 aromatic heterocycles. The molecule has 1 aromatic carbocycles. The van der Waals surface area contributed by atoms with E-state index in [1.54, 1.807) is 0 Å². The van der Waals surface area contributed by atoms with Crippen LogP contribution in [0, 0.1) is 0 Å². The Morgan fingerprint density at radius 1 is 0.980 bits per heavy atom. The number of fused-ring (bicyclic) bond motifs is 1. The first-order valence-electron chi connectivity index (χ1n) is 19.1. The minimum absolute atomic E-state index is 0.140. The third-order valence-corrected chi connectivity index (χ3v) is 7.96. The van der Waals surface area contributed by atoms with Gasteiger partial charge in [0.15, 0.2) is 0 Å². The van der Waals surface area contributed by atoms with Gasteiger partial charge in [-0.25, -0.2) is 0 Å². The van der Waals surface area contributed by atoms with Crippen LogP contribution < -0.4 is 20.1 Å². The number of ether oxygens (including phenoxy) is 1. The van der Waals surface area contributed by atoms with Gasteiger partial charge in [0, 0.05) is 35.5 Å². The predicted octanol–water partition coefficient (Wildman–Crippen LogP) is 12.2. The van der Waals surface area contributed by atoms with Gasteiger partial charge in [0.25, 0.3) is 0 Å². The molecule has 3 N–H and O–H groups in total. The first-order chi connectivity index (χ1) is 24.2. The van der Waals surface area contributed by atoms with Crippen LogP contribution in [0.2, 0.25) is 0 Å². The molecule has 2 aliphatic rings. The van der Waals surface area contributed by atoms with Gasteiger partial charge in [-0.1, -0.05) is 138 Å². The molecule has 0 saturated heterocycles. The second-order valence-electron chi connectivity index (χ2n) is 11.8. The number of benzene rings is 1. The zero-order valence-electron chi connectivity index (χ0n) is 34.6. The van der Waals surface area contributed by atoms with Gasteiger partial charge in [0.05, 0.1) is 6.61 Å². The van der Waals surface area contributed by atoms with Crippen molar-refractivity contribution in [1.29, 1.82) is 0 Å². The fraction of sp³-hybridized carbons (Fsp3) is 0.568. The number of carbonyl (C=O) groups is 1. The second-order valence-corrected chi connectivity index (χ2v) is 12.9. The first kappa shape index (κ1) is 51.7. The van der Waals surface area contributed by atoms with Crippen molar-refractivity contribution in [2.24, 2.45) is 0 Å². The molecule has 0 saturated carbocycles. The number of nitrogens with one attached hydrogen (secondary N) is 3. The lowest BCUT2D eigenvalue weighted by Gasteiger charge is -2.21. The van der Waals surface area contributed by atoms with E-state index >= 15 is 0 Å². The smallest absolute Gasteiger partial charge is 0.124 e. The summed E-state index contributed by atoms with van der Waals surface area (Å²) >= 11 is 1.83. The molecule has 5 nitrogen and oxygen atoms in total. The Morgan fingerprint density at radius 3 is 2.24 bits per heavy atom. The lowest BCUT2D eigenvalue weighted by Crippen LogP contribution is -2.35. The van der Waals surface area contributed by atoms with Crippen LogP contribution in [0.3, 0.4) is 0 Å². The van der Waals surface area contributed by atoms with E-state index in [2.05, 4.69) is 136 Å². The molecule has 6 heteroatoms. The molecule has 1 aliphatic carbocycles. The van der Waals surface area contributed by atoms with Crippen molar-refractivity contribution in [1.82, 2.24) is 15.4 Å². The van der Waals surface area contributed by atoms with E-state index in [0.29, 0.717) is 11.3 Å². The van der Waals surface area contributed by atoms with Crippen molar-refractivity contribution >= 4 is 18.2 Å². The molecular weight excluding hydrogens is 635 g/mol. The molecular formula is C44H77N3O2S. The Morgan fingerprint density at radius 2 is 1.66 bits per heavy atom. The molecule has 1 aliphatic heterocycles. The van der Waals surface area contributed by atoms with Crippen molar-refractivity contribution in [2.45, 2.75) is 145 Å². The van der Waals surface area contributed by atoms with Gasteiger partial charge >= 0.3 is 0 Å². The van der Waals surface area contributed by atoms with Crippen molar-refractivity contribution < 1.29 is 9.53 Å². The summed E-state index contributed by atoms with van der Waals surface area (Å²) in [6, 6.07) is 7.02. The Kier molecular flexibility index (Phi) is 37.4. The largest absolute Gasteiger partial charge is 0.493 e. The third-order valence-electron chi connectivity index (χ3n) is 7.02. The third kappa shape index (κ3) is 27.1. The van der Waals surface area contributed by atoms with E-state index in [4.69, 9.17) is 9.53 Å². The van der Waals surface area contributed by atoms with Crippen LogP contribution in [0.5, 0.6) is 5.75 Å². The zero-order valence-corrected chi connectivity index (χ0v) is 35.4. The van der Waals surface area contributed by atoms with E-state index in [1.807, 2.05) is 60.5 Å². The predicted molar refractivity (Wildman–Crippen MR) is 228 cm³/mol. The Bertz CT molecular complexity index is 1130. The molecule has 1 unspecified atom stereocenters. The molecule has 0 fully saturated rings. The highest BCUT2D eigenvalue weighted by Gasteiger charge is 2.19. The Labute approximate surface area is 314 Å². The van der Waals surface area contributed by atoms with Gasteiger partial charge < -0.3 is 20.2 Å². The fourth-order valence-electron chi connectivity index (χ4n) is 4.60. The van der Waals surface area contributed by atoms with Gasteiger partial charge in [-0.05, 0) is 99.2 Å². The summed E-state index contributed by atoms with van der Waals surface area (Å²) in [6.07, 6.45) is 28.0. The molecule has 0 radical (unpaired) electrons. The molecule has 0 spiro atoms. The lowest BCUT2D eigenvalue weighted by molar-refractivity contribution is -0.106. The van der Waals surface area contributed by atoms with E-state index in [9.17, 15) is 0 Å². The van der Waals surface area contributed by atoms with Crippen LogP contribution in [-0.4, -0.2) is 37.3 Å². The number of hydrogen-bond acceptors (Lipinski definition) is 6. The molecule has 2 atom stereocenters. The molecule has 3 rings (SSSR count). The standard InChI is InChI=1S/C20H29NS.C16H26N2O.C2H4O.3C2H6/c1-4-7-13-18(6-3)16-20(12-5-2)22-21-17-19-14-10-8-9-11-15-19;1-16(2,3)18-11-12-7-8-13-14(17-4)6-5-9-19-15(13)10-12;1-2-3;3*1-2/h4-12,14,20-21H,13,15-17H2,1-3H3;7-8,10,14,17-18H,5-6,9,11H2,1-4H3;2H,1H3;3*1-2H3/b7-4-,12-5-,18-6+;;;;;/t;14-;;;;/m.1..../s1. The van der Waals surface area contributed by atoms with Crippen LogP contribution in [0.1, 0.15) is 139 Å². The molecule has 0 amide bonds. The monoisotopic (exact) mass is 712 g/mol. The van der Waals surface area contributed by atoms with E-state index < -0.39 is 0 Å². The van der Waals surface area contributed by atoms with Crippen molar-refractivity contribution in [2.75, 3.05) is 20.2 Å². The summed E-state index contributed by atoms with van der Waals surface area (Å²) < 4.78 is 9.42. The first-order valence-corrected chi connectivity index (χ1v) is 19.9. The van der Waals surface area contributed by atoms with Crippen molar-refractivity contribution in [3.8, 4) is 5.75 Å². The molecule has 1 heterocycles. The van der Waals surface area contributed by atoms with E-state index in [-0.39, 0.29) is 5.54 Å². The van der Waals surface area contributed by atoms with Crippen molar-refractivity contribution in [3.05, 3.63) is 101 Å². The summed E-state index contributed by atoms with van der Waals surface area (Å²) in [6.45, 7) is 28.9.